The van der Waals surface area contributed by atoms with Crippen LogP contribution in [0.4, 0.5) is 4.79 Å². The first-order valence-corrected chi connectivity index (χ1v) is 3.61. The maximum absolute atomic E-state index is 11.2. The van der Waals surface area contributed by atoms with E-state index in [1.165, 1.54) is 4.90 Å². The maximum Gasteiger partial charge on any atom is 0.324 e. The topological polar surface area (TPSA) is 49.4 Å². The Hall–Kier alpha value is -1.06. The number of carbonyl (C=O) groups is 2. The second-order valence-corrected chi connectivity index (χ2v) is 2.95. The second-order valence-electron chi connectivity index (χ2n) is 2.95. The van der Waals surface area contributed by atoms with E-state index in [4.69, 9.17) is 0 Å². The molecule has 62 valence electrons. The van der Waals surface area contributed by atoms with Gasteiger partial charge in [0, 0.05) is 7.05 Å². The fraction of sp³-hybridized carbons (Fsp3) is 0.714. The highest BCUT2D eigenvalue weighted by Gasteiger charge is 2.45. The first-order valence-electron chi connectivity index (χ1n) is 3.61. The van der Waals surface area contributed by atoms with Crippen LogP contribution in [0.3, 0.4) is 0 Å². The average molecular weight is 156 g/mol. The SMILES string of the molecule is CCC1(C)C(=O)NC(=O)N1C. The number of imide groups is 1. The minimum Gasteiger partial charge on any atom is -0.313 e. The zero-order valence-corrected chi connectivity index (χ0v) is 6.97. The standard InChI is InChI=1S/C7H12N2O2/c1-4-7(2)5(10)8-6(11)9(7)3/h4H2,1-3H3,(H,8,10,11). The van der Waals surface area contributed by atoms with Crippen LogP contribution in [0.5, 0.6) is 0 Å². The Labute approximate surface area is 65.6 Å². The Bertz CT molecular complexity index is 214. The number of nitrogens with one attached hydrogen (secondary N) is 1. The fourth-order valence-corrected chi connectivity index (χ4v) is 1.09. The zero-order chi connectivity index (χ0) is 8.65. The van der Waals surface area contributed by atoms with Crippen LogP contribution in [0.1, 0.15) is 20.3 Å². The van der Waals surface area contributed by atoms with Crippen molar-refractivity contribution < 1.29 is 9.59 Å². The second kappa shape index (κ2) is 2.22. The molecular formula is C7H12N2O2. The van der Waals surface area contributed by atoms with Crippen LogP contribution >= 0.6 is 0 Å². The molecule has 0 aromatic carbocycles. The minimum atomic E-state index is -0.642. The van der Waals surface area contributed by atoms with Gasteiger partial charge in [0.15, 0.2) is 0 Å². The van der Waals surface area contributed by atoms with Gasteiger partial charge >= 0.3 is 6.03 Å². The maximum atomic E-state index is 11.2. The fourth-order valence-electron chi connectivity index (χ4n) is 1.09. The van der Waals surface area contributed by atoms with Crippen molar-refractivity contribution in [2.24, 2.45) is 0 Å². The molecule has 11 heavy (non-hydrogen) atoms. The highest BCUT2D eigenvalue weighted by molar-refractivity contribution is 6.06. The van der Waals surface area contributed by atoms with E-state index in [0.717, 1.165) is 0 Å². The van der Waals surface area contributed by atoms with Gasteiger partial charge < -0.3 is 4.90 Å². The Balaban J connectivity index is 2.96. The molecule has 1 atom stereocenters. The molecule has 4 heteroatoms. The van der Waals surface area contributed by atoms with Crippen LogP contribution in [-0.2, 0) is 4.79 Å². The van der Waals surface area contributed by atoms with Crippen molar-refractivity contribution in [2.75, 3.05) is 7.05 Å². The van der Waals surface area contributed by atoms with Gasteiger partial charge in [0.1, 0.15) is 5.54 Å². The number of amides is 3. The monoisotopic (exact) mass is 156 g/mol. The van der Waals surface area contributed by atoms with Gasteiger partial charge in [-0.1, -0.05) is 6.92 Å². The lowest BCUT2D eigenvalue weighted by atomic mass is 9.98. The molecule has 1 saturated heterocycles. The predicted molar refractivity (Wildman–Crippen MR) is 40.0 cm³/mol. The van der Waals surface area contributed by atoms with E-state index in [1.807, 2.05) is 6.92 Å². The Morgan fingerprint density at radius 3 is 2.27 bits per heavy atom. The van der Waals surface area contributed by atoms with Gasteiger partial charge in [0.05, 0.1) is 0 Å². The van der Waals surface area contributed by atoms with Crippen molar-refractivity contribution in [3.63, 3.8) is 0 Å². The third-order valence-electron chi connectivity index (χ3n) is 2.44. The summed E-state index contributed by atoms with van der Waals surface area (Å²) in [6.45, 7) is 3.64. The smallest absolute Gasteiger partial charge is 0.313 e. The Kier molecular flexibility index (Phi) is 1.62. The molecule has 0 saturated carbocycles. The predicted octanol–water partition coefficient (Wildman–Crippen LogP) is 0.337. The molecule has 0 spiro atoms. The van der Waals surface area contributed by atoms with Crippen LogP contribution in [0.2, 0.25) is 0 Å². The van der Waals surface area contributed by atoms with Gasteiger partial charge in [-0.05, 0) is 13.3 Å². The van der Waals surface area contributed by atoms with Crippen LogP contribution in [0.15, 0.2) is 0 Å². The number of hydrogen-bond acceptors (Lipinski definition) is 2. The summed E-state index contributed by atoms with van der Waals surface area (Å²) in [5, 5.41) is 2.26. The van der Waals surface area contributed by atoms with Crippen molar-refractivity contribution in [1.29, 1.82) is 0 Å². The number of hydrogen-bond donors (Lipinski definition) is 1. The molecule has 0 radical (unpaired) electrons. The van der Waals surface area contributed by atoms with Crippen molar-refractivity contribution >= 4 is 11.9 Å². The molecule has 1 fully saturated rings. The minimum absolute atomic E-state index is 0.201. The van der Waals surface area contributed by atoms with Gasteiger partial charge in [-0.3, -0.25) is 10.1 Å². The van der Waals surface area contributed by atoms with E-state index in [2.05, 4.69) is 5.32 Å². The third kappa shape index (κ3) is 0.895. The quantitative estimate of drug-likeness (QED) is 0.556. The summed E-state index contributed by atoms with van der Waals surface area (Å²) in [5.74, 6) is -0.201. The molecule has 1 unspecified atom stereocenters. The van der Waals surface area contributed by atoms with Gasteiger partial charge in [0.2, 0.25) is 0 Å². The molecule has 1 aliphatic rings. The summed E-state index contributed by atoms with van der Waals surface area (Å²) >= 11 is 0. The molecule has 3 amide bonds. The summed E-state index contributed by atoms with van der Waals surface area (Å²) in [5.41, 5.74) is -0.642. The zero-order valence-electron chi connectivity index (χ0n) is 6.97. The molecule has 4 nitrogen and oxygen atoms in total. The van der Waals surface area contributed by atoms with Crippen molar-refractivity contribution in [2.45, 2.75) is 25.8 Å². The molecular weight excluding hydrogens is 144 g/mol. The van der Waals surface area contributed by atoms with Crippen LogP contribution in [-0.4, -0.2) is 29.4 Å². The normalized spacial score (nSPS) is 31.0. The summed E-state index contributed by atoms with van der Waals surface area (Å²) in [7, 11) is 1.63. The lowest BCUT2D eigenvalue weighted by Gasteiger charge is -2.26. The Morgan fingerprint density at radius 1 is 1.55 bits per heavy atom. The number of nitrogens with zero attached hydrogens (tertiary/aromatic N) is 1. The van der Waals surface area contributed by atoms with E-state index in [9.17, 15) is 9.59 Å². The number of carbonyl (C=O) groups excluding carboxylic acids is 2. The van der Waals surface area contributed by atoms with Gasteiger partial charge in [-0.2, -0.15) is 0 Å². The molecule has 1 rings (SSSR count). The highest BCUT2D eigenvalue weighted by atomic mass is 16.2. The van der Waals surface area contributed by atoms with Crippen molar-refractivity contribution in [3.8, 4) is 0 Å². The number of likely N-dealkylation sites (N-methyl/N-ethyl adjacent to an activating group) is 1. The van der Waals surface area contributed by atoms with E-state index < -0.39 is 5.54 Å². The van der Waals surface area contributed by atoms with Crippen LogP contribution < -0.4 is 5.32 Å². The lowest BCUT2D eigenvalue weighted by molar-refractivity contribution is -0.125. The Morgan fingerprint density at radius 2 is 2.09 bits per heavy atom. The van der Waals surface area contributed by atoms with Crippen molar-refractivity contribution in [1.82, 2.24) is 10.2 Å². The molecule has 0 aromatic rings. The van der Waals surface area contributed by atoms with E-state index in [1.54, 1.807) is 14.0 Å². The summed E-state index contributed by atoms with van der Waals surface area (Å²) in [6.07, 6.45) is 0.640. The van der Waals surface area contributed by atoms with Crippen molar-refractivity contribution in [3.05, 3.63) is 0 Å². The van der Waals surface area contributed by atoms with Crippen LogP contribution in [0, 0.1) is 0 Å². The summed E-state index contributed by atoms with van der Waals surface area (Å²) in [6, 6.07) is -0.306. The first-order chi connectivity index (χ1) is 5.02. The molecule has 1 heterocycles. The molecule has 1 aliphatic heterocycles. The number of urea groups is 1. The van der Waals surface area contributed by atoms with E-state index in [-0.39, 0.29) is 11.9 Å². The van der Waals surface area contributed by atoms with E-state index in [0.29, 0.717) is 6.42 Å². The third-order valence-corrected chi connectivity index (χ3v) is 2.44. The highest BCUT2D eigenvalue weighted by Crippen LogP contribution is 2.22. The van der Waals surface area contributed by atoms with Gasteiger partial charge in [-0.25, -0.2) is 4.79 Å². The first kappa shape index (κ1) is 8.04. The van der Waals surface area contributed by atoms with Crippen LogP contribution in [0.25, 0.3) is 0 Å². The number of rotatable bonds is 1. The lowest BCUT2D eigenvalue weighted by Crippen LogP contribution is -2.43. The molecule has 0 aliphatic carbocycles. The molecule has 0 bridgehead atoms. The average Bonchev–Trinajstić information content (AvgIpc) is 2.16. The molecule has 1 N–H and O–H groups in total. The molecule has 0 aromatic heterocycles. The van der Waals surface area contributed by atoms with Gasteiger partial charge in [0.25, 0.3) is 5.91 Å². The summed E-state index contributed by atoms with van der Waals surface area (Å²) < 4.78 is 0. The van der Waals surface area contributed by atoms with E-state index >= 15 is 0 Å². The largest absolute Gasteiger partial charge is 0.324 e. The van der Waals surface area contributed by atoms with Gasteiger partial charge in [-0.15, -0.1) is 0 Å². The summed E-state index contributed by atoms with van der Waals surface area (Å²) in [4.78, 5) is 23.6.